The molecule has 2 aromatic carbocycles. The van der Waals surface area contributed by atoms with Gasteiger partial charge in [0.1, 0.15) is 47.8 Å². The molecule has 35 heteroatoms. The summed E-state index contributed by atoms with van der Waals surface area (Å²) >= 11 is 6.12. The fourth-order valence-electron chi connectivity index (χ4n) is 15.7. The van der Waals surface area contributed by atoms with Crippen LogP contribution in [-0.2, 0) is 87.5 Å². The number of halogens is 10. The third kappa shape index (κ3) is 20.4. The third-order valence-corrected chi connectivity index (χ3v) is 22.6. The predicted octanol–water partition coefficient (Wildman–Crippen LogP) is 6.00. The summed E-state index contributed by atoms with van der Waals surface area (Å²) in [6.45, 7) is 0.604. The number of ether oxygens (including phenoxy) is 1. The van der Waals surface area contributed by atoms with E-state index in [9.17, 15) is 68.3 Å². The van der Waals surface area contributed by atoms with Crippen LogP contribution in [0.1, 0.15) is 145 Å². The number of rotatable bonds is 10. The highest BCUT2D eigenvalue weighted by Crippen LogP contribution is 2.40. The minimum Gasteiger partial charge on any atom is -0.377 e. The molecule has 2 bridgehead atoms. The van der Waals surface area contributed by atoms with Gasteiger partial charge in [-0.2, -0.15) is 39.5 Å². The molecule has 2 aromatic rings. The second-order valence-corrected chi connectivity index (χ2v) is 30.2. The van der Waals surface area contributed by atoms with Gasteiger partial charge in [-0.05, 0) is 111 Å². The normalized spacial score (nSPS) is 26.8. The Morgan fingerprint density at radius 3 is 1.79 bits per heavy atom. The molecule has 3 N–H and O–H groups in total. The van der Waals surface area contributed by atoms with E-state index in [-0.39, 0.29) is 75.8 Å². The Morgan fingerprint density at radius 1 is 0.611 bits per heavy atom. The van der Waals surface area contributed by atoms with Crippen molar-refractivity contribution in [1.82, 2.24) is 60.0 Å². The second kappa shape index (κ2) is 35.6. The van der Waals surface area contributed by atoms with Crippen molar-refractivity contribution in [3.8, 4) is 0 Å². The van der Waals surface area contributed by atoms with Crippen molar-refractivity contribution in [2.45, 2.75) is 214 Å². The van der Waals surface area contributed by atoms with Crippen LogP contribution in [0.5, 0.6) is 0 Å². The van der Waals surface area contributed by atoms with Crippen LogP contribution in [0.25, 0.3) is 0 Å². The Kier molecular flexibility index (Phi) is 28.1. The van der Waals surface area contributed by atoms with Crippen LogP contribution in [-0.4, -0.2) is 270 Å². The number of carbonyl (C=O) groups excluding carboxylic acids is 12. The minimum absolute atomic E-state index is 0.0136. The van der Waals surface area contributed by atoms with Gasteiger partial charge in [-0.15, -0.1) is 0 Å². The molecule has 2 aliphatic carbocycles. The van der Waals surface area contributed by atoms with Crippen molar-refractivity contribution in [3.05, 3.63) is 69.7 Å². The molecule has 2 saturated carbocycles. The Labute approximate surface area is 626 Å². The lowest BCUT2D eigenvalue weighted by atomic mass is 9.81. The van der Waals surface area contributed by atoms with Crippen molar-refractivity contribution in [1.29, 1.82) is 0 Å². The Balaban J connectivity index is 1.20. The van der Waals surface area contributed by atoms with Crippen molar-refractivity contribution >= 4 is 82.5 Å². The van der Waals surface area contributed by atoms with E-state index in [0.717, 1.165) is 109 Å². The number of morpholine rings is 1. The van der Waals surface area contributed by atoms with Crippen LogP contribution in [0, 0.1) is 11.8 Å². The number of carbonyl (C=O) groups is 12. The van der Waals surface area contributed by atoms with Gasteiger partial charge >= 0.3 is 18.5 Å². The quantitative estimate of drug-likeness (QED) is 0.231. The summed E-state index contributed by atoms with van der Waals surface area (Å²) in [7, 11) is 8.09. The molecule has 6 aliphatic rings. The zero-order valence-electron chi connectivity index (χ0n) is 62.2. The fourth-order valence-corrected chi connectivity index (χ4v) is 16.0. The summed E-state index contributed by atoms with van der Waals surface area (Å²) in [5.41, 5.74) is -3.68. The van der Waals surface area contributed by atoms with Gasteiger partial charge in [0.25, 0.3) is 0 Å². The molecule has 108 heavy (non-hydrogen) atoms. The van der Waals surface area contributed by atoms with Crippen LogP contribution in [0.3, 0.4) is 0 Å². The summed E-state index contributed by atoms with van der Waals surface area (Å²) in [4.78, 5) is 188. The second-order valence-electron chi connectivity index (χ2n) is 29.8. The lowest BCUT2D eigenvalue weighted by molar-refractivity contribution is -0.164. The van der Waals surface area contributed by atoms with Gasteiger partial charge in [-0.3, -0.25) is 57.5 Å². The predicted molar refractivity (Wildman–Crippen MR) is 373 cm³/mol. The number of fused-ring (bicyclic) bond motifs is 3. The maximum atomic E-state index is 15.9. The van der Waals surface area contributed by atoms with Crippen LogP contribution in [0.15, 0.2) is 42.5 Å². The topological polar surface area (TPSA) is 279 Å². The summed E-state index contributed by atoms with van der Waals surface area (Å²) in [6, 6.07) is -6.45. The van der Waals surface area contributed by atoms with E-state index in [2.05, 4.69) is 16.0 Å². The number of alkyl halides is 9. The number of nitrogens with zero attached hydrogens (tertiary/aromatic N) is 9. The number of hydrogen-bond donors (Lipinski definition) is 3. The van der Waals surface area contributed by atoms with Gasteiger partial charge in [0, 0.05) is 62.3 Å². The first-order valence-electron chi connectivity index (χ1n) is 36.6. The van der Waals surface area contributed by atoms with E-state index >= 15 is 28.8 Å². The molecule has 10 atom stereocenters. The zero-order chi connectivity index (χ0) is 79.8. The number of likely N-dealkylation sites (N-methyl/N-ethyl adjacent to an activating group) is 7. The Bertz CT molecular complexity index is 3640. The summed E-state index contributed by atoms with van der Waals surface area (Å²) < 4.78 is 134. The molecule has 1 spiro atoms. The molecule has 12 amide bonds. The Hall–Kier alpha value is -8.30. The van der Waals surface area contributed by atoms with E-state index in [1.165, 1.54) is 35.7 Å². The van der Waals surface area contributed by atoms with Crippen LogP contribution in [0.2, 0.25) is 5.02 Å². The third-order valence-electron chi connectivity index (χ3n) is 22.3. The van der Waals surface area contributed by atoms with E-state index in [1.807, 2.05) is 0 Å². The van der Waals surface area contributed by atoms with E-state index < -0.39 is 216 Å². The largest absolute Gasteiger partial charge is 0.417 e. The average molecular weight is 1560 g/mol. The number of amides is 12. The minimum atomic E-state index is -5.16. The van der Waals surface area contributed by atoms with Crippen molar-refractivity contribution in [2.24, 2.45) is 11.8 Å². The van der Waals surface area contributed by atoms with Crippen molar-refractivity contribution in [2.75, 3.05) is 88.7 Å². The molecule has 4 saturated heterocycles. The van der Waals surface area contributed by atoms with Crippen molar-refractivity contribution < 1.29 is 102 Å². The maximum absolute atomic E-state index is 15.9. The van der Waals surface area contributed by atoms with E-state index in [4.69, 9.17) is 16.3 Å². The smallest absolute Gasteiger partial charge is 0.377 e. The van der Waals surface area contributed by atoms with Crippen LogP contribution < -0.4 is 16.0 Å². The molecule has 0 radical (unpaired) electrons. The van der Waals surface area contributed by atoms with Crippen molar-refractivity contribution in [3.63, 3.8) is 0 Å². The highest BCUT2D eigenvalue weighted by Gasteiger charge is 2.53. The SMILES string of the molecule is CC[C@H](C)[C@@H]1NC(=O)[C@H](CC(F)(F)F)N(C)C(=O)C[C@@H](C(=O)N2C3CCC2COC3)N(C)C(=O)[C@H](C2CCCCC2)N(C)C(=O)C2(CCCC2)NC(=O)[C@@H]2CCCN2C(=O)[C@H](CCc2ccc(C(F)(F)F)c(Cl)c2)NC(=O)CN(C)C(=O)[C@H](Cc2ccc(C(F)(F)F)cc2)N(C)C(=O)CN(C)C(=O)CN(C)C1=O. The van der Waals surface area contributed by atoms with Gasteiger partial charge in [-0.25, -0.2) is 0 Å². The molecule has 8 rings (SSSR count). The molecule has 25 nitrogen and oxygen atoms in total. The molecule has 2 unspecified atom stereocenters. The molecule has 6 fully saturated rings. The fraction of sp³-hybridized carbons (Fsp3) is 0.671. The molecule has 4 aliphatic heterocycles. The molecule has 0 aromatic heterocycles. The number of aryl methyl sites for hydroxylation is 1. The maximum Gasteiger partial charge on any atom is 0.417 e. The van der Waals surface area contributed by atoms with Gasteiger partial charge in [0.15, 0.2) is 0 Å². The molecular weight excluding hydrogens is 1460 g/mol. The Morgan fingerprint density at radius 2 is 1.20 bits per heavy atom. The zero-order valence-corrected chi connectivity index (χ0v) is 62.9. The highest BCUT2D eigenvalue weighted by atomic mass is 35.5. The van der Waals surface area contributed by atoms with E-state index in [1.54, 1.807) is 6.92 Å². The highest BCUT2D eigenvalue weighted by molar-refractivity contribution is 6.31. The first-order chi connectivity index (χ1) is 50.6. The number of hydrogen-bond acceptors (Lipinski definition) is 13. The lowest BCUT2D eigenvalue weighted by Crippen LogP contribution is -2.65. The number of benzene rings is 2. The summed E-state index contributed by atoms with van der Waals surface area (Å²) in [6.07, 6.45) is -13.9. The molecule has 4 heterocycles. The molecule has 598 valence electrons. The average Bonchev–Trinajstić information content (AvgIpc) is 1.48. The van der Waals surface area contributed by atoms with E-state index in [0.29, 0.717) is 56.3 Å². The first-order valence-corrected chi connectivity index (χ1v) is 36.9. The van der Waals surface area contributed by atoms with Crippen LogP contribution in [0.4, 0.5) is 39.5 Å². The van der Waals surface area contributed by atoms with Gasteiger partial charge < -0.3 is 64.8 Å². The van der Waals surface area contributed by atoms with Gasteiger partial charge in [-0.1, -0.05) is 82.2 Å². The molecular formula is C73H98ClF9N12O13. The first kappa shape index (κ1) is 85.3. The standard InChI is InChI=1S/C73H98ClF9N12O13/c1-10-42(2)60-67(105)89(5)38-58(98)87(3)39-59(99)90(6)53(34-44-20-24-46(25-21-44)72(78,79)80)65(103)88(4)37-56(96)84-51(29-23-43-22-28-49(50(74)33-43)73(81,82)83)64(102)94-32-16-19-52(94)63(101)86-70(30-14-15-31-70)69(107)93(9)61(45-17-12-11-13-18-45)68(106)92(8)54(66(104)95-47-26-27-48(95)41-108-40-47)35-57(97)91(7)55(62(100)85-60)36-71(75,76)77/h20-22,24-25,28,33,42,45,47-48,51-55,60-61H,10-19,23,26-27,29-32,34-41H2,1-9H3,(H,84,96)(H,85,100)(H,86,101)/t42-,47?,48?,51-,52-,53-,54-,55-,60-,61-/m0/s1. The summed E-state index contributed by atoms with van der Waals surface area (Å²) in [5, 5.41) is 7.29. The monoisotopic (exact) mass is 1560 g/mol. The lowest BCUT2D eigenvalue weighted by Gasteiger charge is -2.44. The van der Waals surface area contributed by atoms with Gasteiger partial charge in [0.2, 0.25) is 70.9 Å². The van der Waals surface area contributed by atoms with Gasteiger partial charge in [0.05, 0.1) is 73.9 Å². The van der Waals surface area contributed by atoms with Crippen LogP contribution >= 0.6 is 11.6 Å². The number of nitrogens with one attached hydrogen (secondary N) is 3. The summed E-state index contributed by atoms with van der Waals surface area (Å²) in [5.74, 6) is -13.1.